The normalized spacial score (nSPS) is 16.1. The zero-order valence-corrected chi connectivity index (χ0v) is 13.0. The van der Waals surface area contributed by atoms with Crippen molar-refractivity contribution < 1.29 is 14.3 Å². The van der Waals surface area contributed by atoms with Gasteiger partial charge in [0.2, 0.25) is 0 Å². The van der Waals surface area contributed by atoms with Crippen LogP contribution in [0.1, 0.15) is 25.6 Å². The smallest absolute Gasteiger partial charge is 0.407 e. The minimum atomic E-state index is -0.475. The summed E-state index contributed by atoms with van der Waals surface area (Å²) in [7, 11) is 0. The summed E-state index contributed by atoms with van der Waals surface area (Å²) in [5.41, 5.74) is -0.475. The average Bonchev–Trinajstić information content (AvgIpc) is 2.84. The van der Waals surface area contributed by atoms with E-state index in [-0.39, 0.29) is 0 Å². The SMILES string of the molecule is CC(C)(C)OC(=O)NCc1cnc(N2CCOCC2)s1. The molecular formula is C13H21N3O3S. The Hall–Kier alpha value is -1.34. The summed E-state index contributed by atoms with van der Waals surface area (Å²) in [4.78, 5) is 19.2. The minimum absolute atomic E-state index is 0.404. The Morgan fingerprint density at radius 2 is 2.20 bits per heavy atom. The van der Waals surface area contributed by atoms with Crippen LogP contribution in [-0.4, -0.2) is 43.0 Å². The molecule has 1 aliphatic rings. The van der Waals surface area contributed by atoms with Crippen molar-refractivity contribution in [3.05, 3.63) is 11.1 Å². The van der Waals surface area contributed by atoms with E-state index in [0.717, 1.165) is 36.3 Å². The topological polar surface area (TPSA) is 63.7 Å². The quantitative estimate of drug-likeness (QED) is 0.925. The number of rotatable bonds is 3. The van der Waals surface area contributed by atoms with E-state index in [2.05, 4.69) is 15.2 Å². The van der Waals surface area contributed by atoms with Gasteiger partial charge in [-0.15, -0.1) is 11.3 Å². The van der Waals surface area contributed by atoms with Crippen LogP contribution in [0, 0.1) is 0 Å². The van der Waals surface area contributed by atoms with Crippen molar-refractivity contribution in [1.29, 1.82) is 0 Å². The minimum Gasteiger partial charge on any atom is -0.444 e. The van der Waals surface area contributed by atoms with Gasteiger partial charge in [-0.3, -0.25) is 0 Å². The molecule has 0 unspecified atom stereocenters. The van der Waals surface area contributed by atoms with Crippen LogP contribution < -0.4 is 10.2 Å². The number of hydrogen-bond acceptors (Lipinski definition) is 6. The number of anilines is 1. The van der Waals surface area contributed by atoms with Gasteiger partial charge in [-0.05, 0) is 20.8 Å². The molecule has 1 aromatic heterocycles. The zero-order valence-electron chi connectivity index (χ0n) is 12.1. The highest BCUT2D eigenvalue weighted by Gasteiger charge is 2.17. The first kappa shape index (κ1) is 15.1. The first-order valence-corrected chi connectivity index (χ1v) is 7.50. The van der Waals surface area contributed by atoms with Gasteiger partial charge in [0.15, 0.2) is 5.13 Å². The molecule has 0 saturated carbocycles. The highest BCUT2D eigenvalue weighted by atomic mass is 32.1. The molecule has 0 aromatic carbocycles. The number of nitrogens with zero attached hydrogens (tertiary/aromatic N) is 2. The van der Waals surface area contributed by atoms with E-state index in [9.17, 15) is 4.79 Å². The number of hydrogen-bond donors (Lipinski definition) is 1. The van der Waals surface area contributed by atoms with Crippen molar-refractivity contribution in [2.45, 2.75) is 32.9 Å². The predicted molar refractivity (Wildman–Crippen MR) is 78.2 cm³/mol. The Balaban J connectivity index is 1.82. The number of amides is 1. The molecule has 0 radical (unpaired) electrons. The van der Waals surface area contributed by atoms with Crippen LogP contribution in [0.4, 0.5) is 9.93 Å². The van der Waals surface area contributed by atoms with Crippen LogP contribution in [0.3, 0.4) is 0 Å². The predicted octanol–water partition coefficient (Wildman–Crippen LogP) is 2.00. The molecule has 0 spiro atoms. The molecule has 1 aromatic rings. The van der Waals surface area contributed by atoms with Crippen LogP contribution >= 0.6 is 11.3 Å². The number of aromatic nitrogens is 1. The van der Waals surface area contributed by atoms with Crippen LogP contribution in [0.5, 0.6) is 0 Å². The van der Waals surface area contributed by atoms with Crippen molar-refractivity contribution >= 4 is 22.6 Å². The highest BCUT2D eigenvalue weighted by molar-refractivity contribution is 7.15. The molecule has 0 atom stereocenters. The summed E-state index contributed by atoms with van der Waals surface area (Å²) in [6, 6.07) is 0. The number of alkyl carbamates (subject to hydrolysis) is 1. The molecule has 1 saturated heterocycles. The van der Waals surface area contributed by atoms with Gasteiger partial charge in [-0.25, -0.2) is 9.78 Å². The lowest BCUT2D eigenvalue weighted by molar-refractivity contribution is 0.0524. The molecule has 1 aliphatic heterocycles. The largest absolute Gasteiger partial charge is 0.444 e. The van der Waals surface area contributed by atoms with Crippen LogP contribution in [0.25, 0.3) is 0 Å². The van der Waals surface area contributed by atoms with E-state index < -0.39 is 11.7 Å². The lowest BCUT2D eigenvalue weighted by atomic mass is 10.2. The Labute approximate surface area is 123 Å². The third-order valence-electron chi connectivity index (χ3n) is 2.63. The van der Waals surface area contributed by atoms with Gasteiger partial charge in [0.25, 0.3) is 0 Å². The second-order valence-electron chi connectivity index (χ2n) is 5.56. The highest BCUT2D eigenvalue weighted by Crippen LogP contribution is 2.23. The molecule has 0 aliphatic carbocycles. The third-order valence-corrected chi connectivity index (χ3v) is 3.69. The van der Waals surface area contributed by atoms with E-state index >= 15 is 0 Å². The van der Waals surface area contributed by atoms with E-state index in [1.807, 2.05) is 20.8 Å². The molecule has 1 fully saturated rings. The fourth-order valence-electron chi connectivity index (χ4n) is 1.75. The maximum atomic E-state index is 11.6. The summed E-state index contributed by atoms with van der Waals surface area (Å²) in [6.07, 6.45) is 1.39. The summed E-state index contributed by atoms with van der Waals surface area (Å²) in [5.74, 6) is 0. The lowest BCUT2D eigenvalue weighted by Crippen LogP contribution is -2.36. The van der Waals surface area contributed by atoms with Gasteiger partial charge < -0.3 is 19.7 Å². The van der Waals surface area contributed by atoms with E-state index in [4.69, 9.17) is 9.47 Å². The average molecular weight is 299 g/mol. The zero-order chi connectivity index (χ0) is 14.6. The van der Waals surface area contributed by atoms with Crippen molar-refractivity contribution in [3.63, 3.8) is 0 Å². The monoisotopic (exact) mass is 299 g/mol. The Bertz CT molecular complexity index is 450. The number of carbonyl (C=O) groups is 1. The van der Waals surface area contributed by atoms with E-state index in [1.54, 1.807) is 17.5 Å². The summed E-state index contributed by atoms with van der Waals surface area (Å²) in [5, 5.41) is 3.72. The van der Waals surface area contributed by atoms with Crippen molar-refractivity contribution in [2.75, 3.05) is 31.2 Å². The van der Waals surface area contributed by atoms with Gasteiger partial charge in [0.1, 0.15) is 5.60 Å². The van der Waals surface area contributed by atoms with E-state index in [0.29, 0.717) is 6.54 Å². The molecule has 2 rings (SSSR count). The van der Waals surface area contributed by atoms with Gasteiger partial charge in [-0.1, -0.05) is 0 Å². The Morgan fingerprint density at radius 3 is 2.85 bits per heavy atom. The molecule has 1 amide bonds. The number of carbonyl (C=O) groups excluding carboxylic acids is 1. The molecule has 20 heavy (non-hydrogen) atoms. The van der Waals surface area contributed by atoms with Gasteiger partial charge in [0.05, 0.1) is 19.8 Å². The summed E-state index contributed by atoms with van der Waals surface area (Å²) < 4.78 is 10.5. The van der Waals surface area contributed by atoms with Gasteiger partial charge >= 0.3 is 6.09 Å². The number of thiazole rings is 1. The summed E-state index contributed by atoms with van der Waals surface area (Å²) >= 11 is 1.59. The van der Waals surface area contributed by atoms with Crippen molar-refractivity contribution in [3.8, 4) is 0 Å². The van der Waals surface area contributed by atoms with Crippen LogP contribution in [-0.2, 0) is 16.0 Å². The van der Waals surface area contributed by atoms with Crippen LogP contribution in [0.15, 0.2) is 6.20 Å². The first-order valence-electron chi connectivity index (χ1n) is 6.68. The second-order valence-corrected chi connectivity index (χ2v) is 6.66. The fraction of sp³-hybridized carbons (Fsp3) is 0.692. The first-order chi connectivity index (χ1) is 9.44. The Kier molecular flexibility index (Phi) is 4.82. The fourth-order valence-corrected chi connectivity index (χ4v) is 2.65. The molecule has 112 valence electrons. The molecule has 7 heteroatoms. The van der Waals surface area contributed by atoms with Crippen molar-refractivity contribution in [1.82, 2.24) is 10.3 Å². The molecule has 0 bridgehead atoms. The van der Waals surface area contributed by atoms with E-state index in [1.165, 1.54) is 0 Å². The number of nitrogens with one attached hydrogen (secondary N) is 1. The van der Waals surface area contributed by atoms with Gasteiger partial charge in [-0.2, -0.15) is 0 Å². The number of morpholine rings is 1. The number of ether oxygens (including phenoxy) is 2. The second kappa shape index (κ2) is 6.41. The third kappa shape index (κ3) is 4.64. The van der Waals surface area contributed by atoms with Crippen molar-refractivity contribution in [2.24, 2.45) is 0 Å². The Morgan fingerprint density at radius 1 is 1.50 bits per heavy atom. The maximum absolute atomic E-state index is 11.6. The molecule has 6 nitrogen and oxygen atoms in total. The standard InChI is InChI=1S/C13H21N3O3S/c1-13(2,3)19-12(17)15-9-10-8-14-11(20-10)16-4-6-18-7-5-16/h8H,4-7,9H2,1-3H3,(H,15,17). The maximum Gasteiger partial charge on any atom is 0.407 e. The molecular weight excluding hydrogens is 278 g/mol. The molecule has 1 N–H and O–H groups in total. The van der Waals surface area contributed by atoms with Gasteiger partial charge in [0, 0.05) is 24.2 Å². The summed E-state index contributed by atoms with van der Waals surface area (Å²) in [6.45, 7) is 9.19. The lowest BCUT2D eigenvalue weighted by Gasteiger charge is -2.25. The molecule has 2 heterocycles. The van der Waals surface area contributed by atoms with Crippen LogP contribution in [0.2, 0.25) is 0 Å².